The first kappa shape index (κ1) is 27.6. The number of Topliss-reactive ketones (excluding diaryl/α,β-unsaturated/α-hetero) is 2. The number of likely N-dealkylation sites (tertiary alicyclic amines) is 2. The van der Waals surface area contributed by atoms with E-state index in [-0.39, 0.29) is 17.4 Å². The van der Waals surface area contributed by atoms with Gasteiger partial charge in [-0.3, -0.25) is 9.59 Å². The summed E-state index contributed by atoms with van der Waals surface area (Å²) in [6.45, 7) is 10.1. The molecule has 7 heteroatoms. The van der Waals surface area contributed by atoms with Gasteiger partial charge < -0.3 is 9.80 Å². The molecule has 1 aromatic carbocycles. The summed E-state index contributed by atoms with van der Waals surface area (Å²) in [6.07, 6.45) is 8.26. The summed E-state index contributed by atoms with van der Waals surface area (Å²) in [5.74, 6) is 2.49. The first-order valence-corrected chi connectivity index (χ1v) is 15.3. The van der Waals surface area contributed by atoms with E-state index in [2.05, 4.69) is 14.8 Å². The van der Waals surface area contributed by atoms with E-state index >= 15 is 0 Å². The van der Waals surface area contributed by atoms with Crippen LogP contribution in [0.3, 0.4) is 0 Å². The van der Waals surface area contributed by atoms with Crippen LogP contribution in [0.25, 0.3) is 0 Å². The van der Waals surface area contributed by atoms with Gasteiger partial charge in [0.15, 0.2) is 5.78 Å². The Balaban J connectivity index is 1.20. The average molecular weight is 540 g/mol. The van der Waals surface area contributed by atoms with Crippen molar-refractivity contribution in [3.05, 3.63) is 51.2 Å². The van der Waals surface area contributed by atoms with Gasteiger partial charge >= 0.3 is 0 Å². The summed E-state index contributed by atoms with van der Waals surface area (Å²) < 4.78 is 13.3. The van der Waals surface area contributed by atoms with E-state index in [0.717, 1.165) is 62.2 Å². The molecule has 2 aliphatic heterocycles. The topological polar surface area (TPSA) is 53.5 Å². The van der Waals surface area contributed by atoms with Crippen molar-refractivity contribution < 1.29 is 14.0 Å². The van der Waals surface area contributed by atoms with Gasteiger partial charge in [0, 0.05) is 39.5 Å². The molecule has 5 rings (SSSR count). The van der Waals surface area contributed by atoms with Crippen LogP contribution in [0.5, 0.6) is 0 Å². The lowest BCUT2D eigenvalue weighted by Crippen LogP contribution is -2.47. The Morgan fingerprint density at radius 2 is 1.74 bits per heavy atom. The molecule has 0 radical (unpaired) electrons. The van der Waals surface area contributed by atoms with Crippen LogP contribution >= 0.6 is 11.3 Å². The number of aromatic nitrogens is 1. The van der Waals surface area contributed by atoms with Gasteiger partial charge in [-0.15, -0.1) is 11.3 Å². The van der Waals surface area contributed by atoms with E-state index in [1.807, 2.05) is 19.1 Å². The SMILES string of the molecule is CC(=O)c1sc(CC(=O)C[C@@H]2CN(CC3CC3)CC[C@H]2CN2CCC[C@@H](Cc3ccc(F)cc3)C2)nc1C. The Morgan fingerprint density at radius 3 is 2.45 bits per heavy atom. The molecule has 0 bridgehead atoms. The maximum absolute atomic E-state index is 13.3. The van der Waals surface area contributed by atoms with Crippen molar-refractivity contribution in [2.24, 2.45) is 23.7 Å². The number of ketones is 2. The van der Waals surface area contributed by atoms with Crippen LogP contribution in [0.2, 0.25) is 0 Å². The highest BCUT2D eigenvalue weighted by atomic mass is 32.1. The molecule has 1 saturated carbocycles. The molecule has 38 heavy (non-hydrogen) atoms. The molecule has 3 aliphatic rings. The number of rotatable bonds is 11. The molecular formula is C31H42FN3O2S. The second kappa shape index (κ2) is 12.5. The van der Waals surface area contributed by atoms with Gasteiger partial charge in [-0.1, -0.05) is 12.1 Å². The Labute approximate surface area is 230 Å². The second-order valence-electron chi connectivity index (χ2n) is 12.1. The van der Waals surface area contributed by atoms with Crippen LogP contribution in [0, 0.1) is 36.4 Å². The fraction of sp³-hybridized carbons (Fsp3) is 0.645. The molecule has 0 unspecified atom stereocenters. The van der Waals surface area contributed by atoms with E-state index in [4.69, 9.17) is 0 Å². The van der Waals surface area contributed by atoms with E-state index in [1.165, 1.54) is 49.1 Å². The Hall–Kier alpha value is -1.96. The summed E-state index contributed by atoms with van der Waals surface area (Å²) in [6, 6.07) is 6.99. The van der Waals surface area contributed by atoms with E-state index in [9.17, 15) is 14.0 Å². The number of nitrogens with zero attached hydrogens (tertiary/aromatic N) is 3. The number of carbonyl (C=O) groups excluding carboxylic acids is 2. The van der Waals surface area contributed by atoms with Gasteiger partial charge in [0.2, 0.25) is 0 Å². The number of piperidine rings is 2. The fourth-order valence-corrected chi connectivity index (χ4v) is 7.60. The Bertz CT molecular complexity index is 1110. The molecular weight excluding hydrogens is 497 g/mol. The van der Waals surface area contributed by atoms with Gasteiger partial charge in [0.1, 0.15) is 16.6 Å². The third-order valence-corrected chi connectivity index (χ3v) is 9.98. The number of aryl methyl sites for hydroxylation is 1. The predicted octanol–water partition coefficient (Wildman–Crippen LogP) is 5.60. The van der Waals surface area contributed by atoms with Crippen LogP contribution in [-0.2, 0) is 17.6 Å². The predicted molar refractivity (Wildman–Crippen MR) is 150 cm³/mol. The zero-order valence-corrected chi connectivity index (χ0v) is 23.8. The molecule has 3 atom stereocenters. The van der Waals surface area contributed by atoms with Gasteiger partial charge in [0.25, 0.3) is 0 Å². The summed E-state index contributed by atoms with van der Waals surface area (Å²) in [5, 5.41) is 0.777. The minimum atomic E-state index is -0.170. The molecule has 1 aliphatic carbocycles. The van der Waals surface area contributed by atoms with Gasteiger partial charge in [-0.2, -0.15) is 0 Å². The molecule has 0 amide bonds. The number of benzene rings is 1. The minimum Gasteiger partial charge on any atom is -0.303 e. The molecule has 3 heterocycles. The zero-order chi connectivity index (χ0) is 26.6. The third kappa shape index (κ3) is 7.57. The minimum absolute atomic E-state index is 0.0287. The van der Waals surface area contributed by atoms with Crippen LogP contribution < -0.4 is 0 Å². The maximum Gasteiger partial charge on any atom is 0.171 e. The van der Waals surface area contributed by atoms with Crippen molar-refractivity contribution >= 4 is 22.9 Å². The first-order valence-electron chi connectivity index (χ1n) is 14.5. The molecule has 5 nitrogen and oxygen atoms in total. The number of halogens is 1. The third-order valence-electron chi connectivity index (χ3n) is 8.72. The van der Waals surface area contributed by atoms with Crippen molar-refractivity contribution in [3.8, 4) is 0 Å². The maximum atomic E-state index is 13.3. The lowest BCUT2D eigenvalue weighted by atomic mass is 9.80. The van der Waals surface area contributed by atoms with Gasteiger partial charge in [-0.05, 0) is 99.9 Å². The fourth-order valence-electron chi connectivity index (χ4n) is 6.62. The van der Waals surface area contributed by atoms with Crippen LogP contribution in [0.15, 0.2) is 24.3 Å². The highest BCUT2D eigenvalue weighted by molar-refractivity contribution is 7.13. The van der Waals surface area contributed by atoms with Gasteiger partial charge in [0.05, 0.1) is 17.0 Å². The van der Waals surface area contributed by atoms with E-state index < -0.39 is 0 Å². The normalized spacial score (nSPS) is 25.0. The van der Waals surface area contributed by atoms with Crippen LogP contribution in [-0.4, -0.2) is 65.6 Å². The summed E-state index contributed by atoms with van der Waals surface area (Å²) in [5.41, 5.74) is 1.97. The van der Waals surface area contributed by atoms with E-state index in [1.54, 1.807) is 19.1 Å². The number of hydrogen-bond acceptors (Lipinski definition) is 6. The molecule has 0 spiro atoms. The summed E-state index contributed by atoms with van der Waals surface area (Å²) in [4.78, 5) is 35.6. The average Bonchev–Trinajstić information content (AvgIpc) is 3.61. The quantitative estimate of drug-likeness (QED) is 0.348. The number of thiazole rings is 1. The van der Waals surface area contributed by atoms with Crippen molar-refractivity contribution in [2.75, 3.05) is 39.3 Å². The van der Waals surface area contributed by atoms with Crippen molar-refractivity contribution in [3.63, 3.8) is 0 Å². The molecule has 2 aromatic rings. The second-order valence-corrected chi connectivity index (χ2v) is 13.2. The van der Waals surface area contributed by atoms with Crippen LogP contribution in [0.1, 0.15) is 71.4 Å². The van der Waals surface area contributed by atoms with Crippen LogP contribution in [0.4, 0.5) is 4.39 Å². The molecule has 1 aromatic heterocycles. The Morgan fingerprint density at radius 1 is 0.974 bits per heavy atom. The van der Waals surface area contributed by atoms with Crippen molar-refractivity contribution in [2.45, 2.75) is 65.2 Å². The smallest absolute Gasteiger partial charge is 0.171 e. The highest BCUT2D eigenvalue weighted by Gasteiger charge is 2.35. The summed E-state index contributed by atoms with van der Waals surface area (Å²) in [7, 11) is 0. The van der Waals surface area contributed by atoms with E-state index in [0.29, 0.717) is 35.5 Å². The monoisotopic (exact) mass is 539 g/mol. The molecule has 3 fully saturated rings. The Kier molecular flexibility index (Phi) is 9.06. The standard InChI is InChI=1S/C31H42FN3O2S/c1-21-31(22(2)36)38-30(33-21)16-29(37)15-27-20-35(17-24-5-6-24)13-11-26(27)19-34-12-3-4-25(18-34)14-23-7-9-28(32)10-8-23/h7-10,24-27H,3-6,11-20H2,1-2H3/t25-,26-,27+/m0/s1. The highest BCUT2D eigenvalue weighted by Crippen LogP contribution is 2.35. The largest absolute Gasteiger partial charge is 0.303 e. The van der Waals surface area contributed by atoms with Gasteiger partial charge in [-0.25, -0.2) is 9.37 Å². The van der Waals surface area contributed by atoms with Crippen molar-refractivity contribution in [1.82, 2.24) is 14.8 Å². The molecule has 2 saturated heterocycles. The lowest BCUT2D eigenvalue weighted by molar-refractivity contribution is -0.120. The zero-order valence-electron chi connectivity index (χ0n) is 23.0. The molecule has 0 N–H and O–H groups in total. The molecule has 206 valence electrons. The number of carbonyl (C=O) groups is 2. The number of hydrogen-bond donors (Lipinski definition) is 0. The first-order chi connectivity index (χ1) is 18.3. The van der Waals surface area contributed by atoms with Crippen molar-refractivity contribution in [1.29, 1.82) is 0 Å². The summed E-state index contributed by atoms with van der Waals surface area (Å²) >= 11 is 1.39. The lowest BCUT2D eigenvalue weighted by Gasteiger charge is -2.42.